The van der Waals surface area contributed by atoms with Crippen LogP contribution in [0, 0.1) is 11.3 Å². The van der Waals surface area contributed by atoms with Crippen molar-refractivity contribution in [2.45, 2.75) is 88.1 Å². The van der Waals surface area contributed by atoms with Crippen molar-refractivity contribution < 1.29 is 46.7 Å². The summed E-state index contributed by atoms with van der Waals surface area (Å²) in [7, 11) is -7.53. The molecule has 0 aromatic carbocycles. The maximum atomic E-state index is 13.8. The molecule has 4 fully saturated rings. The van der Waals surface area contributed by atoms with Crippen molar-refractivity contribution in [3.05, 3.63) is 25.3 Å². The topological polar surface area (TPSA) is 272 Å². The van der Waals surface area contributed by atoms with Gasteiger partial charge in [0.25, 0.3) is 0 Å². The number of phosphoric ester groups is 1. The lowest BCUT2D eigenvalue weighted by Crippen LogP contribution is -2.50. The predicted molar refractivity (Wildman–Crippen MR) is 189 cm³/mol. The molecule has 4 unspecified atom stereocenters. The van der Waals surface area contributed by atoms with Gasteiger partial charge in [-0.05, 0) is 42.3 Å². The number of ether oxygens (including phenoxy) is 1. The van der Waals surface area contributed by atoms with Gasteiger partial charge in [-0.3, -0.25) is 13.6 Å². The molecule has 20 nitrogen and oxygen atoms in total. The number of nitrogen functional groups attached to an aromatic ring is 2. The first-order valence-corrected chi connectivity index (χ1v) is 23.5. The summed E-state index contributed by atoms with van der Waals surface area (Å²) in [6.07, 6.45) is -1.35. The van der Waals surface area contributed by atoms with Crippen LogP contribution in [0.1, 0.15) is 39.5 Å². The van der Waals surface area contributed by atoms with Gasteiger partial charge >= 0.3 is 14.5 Å². The minimum Gasteiger partial charge on any atom is -0.409 e. The van der Waals surface area contributed by atoms with Crippen LogP contribution in [0.25, 0.3) is 22.3 Å². The second-order valence-corrected chi connectivity index (χ2v) is 24.2. The fraction of sp³-hybridized carbons (Fsp3) is 0.643. The molecule has 8 rings (SSSR count). The fourth-order valence-corrected chi connectivity index (χ4v) is 11.1. The molecule has 2 saturated heterocycles. The van der Waals surface area contributed by atoms with E-state index in [1.807, 2.05) is 4.57 Å². The maximum absolute atomic E-state index is 13.8. The Labute approximate surface area is 303 Å². The molecular weight excluding hydrogens is 758 g/mol. The Morgan fingerprint density at radius 3 is 2.23 bits per heavy atom. The fourth-order valence-electron chi connectivity index (χ4n) is 7.35. The highest BCUT2D eigenvalue weighted by Crippen LogP contribution is 2.73. The molecule has 2 saturated carbocycles. The highest BCUT2D eigenvalue weighted by Gasteiger charge is 2.75. The summed E-state index contributed by atoms with van der Waals surface area (Å²) in [6.45, 7) is 5.48. The van der Waals surface area contributed by atoms with Gasteiger partial charge < -0.3 is 49.1 Å². The Kier molecular flexibility index (Phi) is 8.56. The summed E-state index contributed by atoms with van der Waals surface area (Å²) >= 11 is 5.60. The molecule has 0 radical (unpaired) electrons. The first-order chi connectivity index (χ1) is 24.3. The monoisotopic (exact) mass is 798 g/mol. The molecule has 52 heavy (non-hydrogen) atoms. The molecule has 24 heteroatoms. The normalized spacial score (nSPS) is 38.4. The van der Waals surface area contributed by atoms with E-state index in [4.69, 9.17) is 50.5 Å². The zero-order chi connectivity index (χ0) is 37.2. The van der Waals surface area contributed by atoms with Crippen molar-refractivity contribution in [3.8, 4) is 0 Å². The van der Waals surface area contributed by atoms with Crippen LogP contribution in [0.5, 0.6) is 0 Å². The number of phosphoric acid groups is 1. The highest BCUT2D eigenvalue weighted by atomic mass is 32.5. The quantitative estimate of drug-likeness (QED) is 0.146. The SMILES string of the molecule is CC(C)(C)[Si](C)(C)OC1[C@H](n2cnc3c(N)ncnc32)[C@H]2CC23COP(=O)(O)O[C@@H]2[C@H](O)[C@@H](COP(O)(=S)O[C@@H]13)O[C@H]2n1cnc2c(N)ncnc21. The highest BCUT2D eigenvalue weighted by molar-refractivity contribution is 8.07. The van der Waals surface area contributed by atoms with Crippen molar-refractivity contribution in [2.24, 2.45) is 11.3 Å². The number of hydrogen-bond acceptors (Lipinski definition) is 17. The first kappa shape index (κ1) is 36.4. The van der Waals surface area contributed by atoms with E-state index in [1.54, 1.807) is 6.33 Å². The number of aromatic nitrogens is 8. The molecule has 2 aliphatic carbocycles. The molecule has 2 bridgehead atoms. The van der Waals surface area contributed by atoms with Crippen LogP contribution >= 0.6 is 14.5 Å². The van der Waals surface area contributed by atoms with E-state index in [1.165, 1.54) is 23.5 Å². The molecule has 6 heterocycles. The summed E-state index contributed by atoms with van der Waals surface area (Å²) in [6, 6.07) is -0.501. The number of hydrogen-bond donors (Lipinski definition) is 5. The van der Waals surface area contributed by atoms with Gasteiger partial charge in [-0.2, -0.15) is 0 Å². The van der Waals surface area contributed by atoms with Gasteiger partial charge in [-0.15, -0.1) is 0 Å². The van der Waals surface area contributed by atoms with Gasteiger partial charge in [-0.25, -0.2) is 34.5 Å². The molecule has 282 valence electrons. The third-order valence-electron chi connectivity index (χ3n) is 11.1. The van der Waals surface area contributed by atoms with Gasteiger partial charge in [0.2, 0.25) is 0 Å². The van der Waals surface area contributed by atoms with E-state index in [0.717, 1.165) is 0 Å². The van der Waals surface area contributed by atoms with Crippen LogP contribution in [0.4, 0.5) is 11.6 Å². The van der Waals surface area contributed by atoms with Gasteiger partial charge in [-0.1, -0.05) is 20.8 Å². The first-order valence-electron chi connectivity index (χ1n) is 16.5. The van der Waals surface area contributed by atoms with Gasteiger partial charge in [0.05, 0.1) is 38.0 Å². The lowest BCUT2D eigenvalue weighted by Gasteiger charge is -2.43. The lowest BCUT2D eigenvalue weighted by atomic mass is 10.0. The number of fused-ring (bicyclic) bond motifs is 4. The Balaban J connectivity index is 1.18. The second-order valence-electron chi connectivity index (χ2n) is 15.2. The molecule has 7 N–H and O–H groups in total. The van der Waals surface area contributed by atoms with E-state index in [-0.39, 0.29) is 40.4 Å². The van der Waals surface area contributed by atoms with E-state index in [0.29, 0.717) is 17.6 Å². The van der Waals surface area contributed by atoms with Crippen molar-refractivity contribution in [3.63, 3.8) is 0 Å². The summed E-state index contributed by atoms with van der Waals surface area (Å²) in [5, 5.41) is 11.1. The summed E-state index contributed by atoms with van der Waals surface area (Å²) in [5.41, 5.74) is 12.4. The molecule has 0 amide bonds. The van der Waals surface area contributed by atoms with Crippen LogP contribution in [-0.4, -0.2) is 106 Å². The van der Waals surface area contributed by atoms with Crippen molar-refractivity contribution in [2.75, 3.05) is 24.7 Å². The van der Waals surface area contributed by atoms with Crippen LogP contribution in [0.3, 0.4) is 0 Å². The smallest absolute Gasteiger partial charge is 0.409 e. The number of rotatable bonds is 4. The Morgan fingerprint density at radius 2 is 1.60 bits per heavy atom. The van der Waals surface area contributed by atoms with E-state index >= 15 is 0 Å². The van der Waals surface area contributed by atoms with Crippen LogP contribution in [0.15, 0.2) is 25.3 Å². The molecular formula is C28H40N10O10P2SSi. The summed E-state index contributed by atoms with van der Waals surface area (Å²) < 4.78 is 54.0. The Bertz CT molecular complexity index is 2150. The maximum Gasteiger partial charge on any atom is 0.472 e. The van der Waals surface area contributed by atoms with Gasteiger partial charge in [0, 0.05) is 5.41 Å². The Morgan fingerprint density at radius 1 is 0.981 bits per heavy atom. The zero-order valence-electron chi connectivity index (χ0n) is 28.8. The minimum atomic E-state index is -4.95. The largest absolute Gasteiger partial charge is 0.472 e. The molecule has 11 atom stereocenters. The number of imidazole rings is 2. The number of nitrogens with two attached hydrogens (primary N) is 2. The number of aliphatic hydroxyl groups is 1. The standard InChI is InChI=1S/C28H40N10O10P2SSi/c1-27(2,3)52(4,5)48-19-17(37-11-35-15-22(29)31-9-33-24(15)37)13-6-28(13)8-44-49(40,41)46-20-18(39)14(7-43-50(42,51)47-21(19)28)45-26(20)38-12-36-16-23(30)32-10-34-25(16)38/h9-14,17-21,26,39H,6-8H2,1-5H3,(H,40,41)(H,42,51)(H2,29,31,33)(H2,30,32,34)/t13-,14-,17-,18-,19?,20-,21+,26-,28?,50?/m1/s1. The zero-order valence-corrected chi connectivity index (χ0v) is 32.4. The van der Waals surface area contributed by atoms with Gasteiger partial charge in [0.15, 0.2) is 37.5 Å². The van der Waals surface area contributed by atoms with Crippen molar-refractivity contribution >= 4 is 68.6 Å². The Hall–Kier alpha value is -2.56. The summed E-state index contributed by atoms with van der Waals surface area (Å²) in [5.74, 6) is 0.00147. The van der Waals surface area contributed by atoms with E-state index in [2.05, 4.69) is 63.8 Å². The predicted octanol–water partition coefficient (Wildman–Crippen LogP) is 2.17. The molecule has 2 aliphatic heterocycles. The molecule has 1 spiro atoms. The number of nitrogens with zero attached hydrogens (tertiary/aromatic N) is 8. The minimum absolute atomic E-state index is 0.0918. The average Bonchev–Trinajstić information content (AvgIpc) is 3.34. The molecule has 4 aliphatic rings. The van der Waals surface area contributed by atoms with Crippen LogP contribution < -0.4 is 11.5 Å². The van der Waals surface area contributed by atoms with Gasteiger partial charge in [0.1, 0.15) is 48.1 Å². The molecule has 4 aromatic heterocycles. The number of anilines is 2. The van der Waals surface area contributed by atoms with Crippen molar-refractivity contribution in [1.29, 1.82) is 0 Å². The summed E-state index contributed by atoms with van der Waals surface area (Å²) in [4.78, 5) is 48.3. The third kappa shape index (κ3) is 5.92. The van der Waals surface area contributed by atoms with Crippen LogP contribution in [-0.2, 0) is 43.6 Å². The average molecular weight is 799 g/mol. The second kappa shape index (κ2) is 12.2. The van der Waals surface area contributed by atoms with Crippen LogP contribution in [0.2, 0.25) is 18.1 Å². The van der Waals surface area contributed by atoms with E-state index < -0.39 is 77.7 Å². The molecule has 4 aromatic rings. The number of aliphatic hydroxyl groups excluding tert-OH is 1. The van der Waals surface area contributed by atoms with Crippen molar-refractivity contribution in [1.82, 2.24) is 39.0 Å². The third-order valence-corrected chi connectivity index (χ3v) is 18.1. The lowest BCUT2D eigenvalue weighted by molar-refractivity contribution is -0.0604. The van der Waals surface area contributed by atoms with E-state index in [9.17, 15) is 19.5 Å².